The van der Waals surface area contributed by atoms with Gasteiger partial charge in [-0.05, 0) is 12.8 Å². The number of hydrogen-bond acceptors (Lipinski definition) is 1. The molecule has 1 heterocycles. The van der Waals surface area contributed by atoms with Crippen molar-refractivity contribution >= 4 is 23.2 Å². The van der Waals surface area contributed by atoms with Crippen molar-refractivity contribution in [3.05, 3.63) is 0 Å². The number of halogens is 2. The van der Waals surface area contributed by atoms with Crippen molar-refractivity contribution in [1.29, 1.82) is 0 Å². The molecule has 0 amide bonds. The standard InChI is InChI=1S/C4H8O.C2H4Cl2/c1-2-4-5-3-1;3-1-2-4/h1-4H2;1-2H2. The average molecular weight is 171 g/mol. The van der Waals surface area contributed by atoms with Gasteiger partial charge < -0.3 is 4.74 Å². The first-order chi connectivity index (χ1) is 4.41. The van der Waals surface area contributed by atoms with E-state index in [1.165, 1.54) is 12.8 Å². The maximum atomic E-state index is 5.05. The summed E-state index contributed by atoms with van der Waals surface area (Å²) in [5.41, 5.74) is 0. The van der Waals surface area contributed by atoms with E-state index in [-0.39, 0.29) is 0 Å². The molecule has 0 atom stereocenters. The molecule has 56 valence electrons. The van der Waals surface area contributed by atoms with Crippen LogP contribution in [-0.4, -0.2) is 25.0 Å². The molecule has 0 aromatic heterocycles. The van der Waals surface area contributed by atoms with Crippen LogP contribution in [0.15, 0.2) is 0 Å². The predicted octanol–water partition coefficient (Wildman–Crippen LogP) is 2.26. The Hall–Kier alpha value is 0.540. The summed E-state index contributed by atoms with van der Waals surface area (Å²) in [5.74, 6) is 1.11. The van der Waals surface area contributed by atoms with Gasteiger partial charge >= 0.3 is 0 Å². The molecule has 0 bridgehead atoms. The second-order valence-electron chi connectivity index (χ2n) is 1.70. The summed E-state index contributed by atoms with van der Waals surface area (Å²) < 4.78 is 4.94. The van der Waals surface area contributed by atoms with Gasteiger partial charge in [-0.2, -0.15) is 0 Å². The van der Waals surface area contributed by atoms with Crippen LogP contribution in [0.4, 0.5) is 0 Å². The van der Waals surface area contributed by atoms with Crippen molar-refractivity contribution in [2.45, 2.75) is 12.8 Å². The fourth-order valence-corrected chi connectivity index (χ4v) is 0.510. The van der Waals surface area contributed by atoms with Gasteiger partial charge in [-0.15, -0.1) is 23.2 Å². The Morgan fingerprint density at radius 1 is 1.00 bits per heavy atom. The van der Waals surface area contributed by atoms with Gasteiger partial charge in [0.05, 0.1) is 0 Å². The van der Waals surface area contributed by atoms with Crippen LogP contribution in [0.2, 0.25) is 0 Å². The first kappa shape index (κ1) is 9.54. The lowest BCUT2D eigenvalue weighted by molar-refractivity contribution is 0.198. The molecule has 1 nitrogen and oxygen atoms in total. The van der Waals surface area contributed by atoms with E-state index in [1.54, 1.807) is 0 Å². The van der Waals surface area contributed by atoms with E-state index in [0.29, 0.717) is 11.8 Å². The summed E-state index contributed by atoms with van der Waals surface area (Å²) in [6, 6.07) is 0. The van der Waals surface area contributed by atoms with Gasteiger partial charge in [-0.1, -0.05) is 0 Å². The number of ether oxygens (including phenoxy) is 1. The highest BCUT2D eigenvalue weighted by molar-refractivity contribution is 6.25. The van der Waals surface area contributed by atoms with Crippen LogP contribution >= 0.6 is 23.2 Å². The van der Waals surface area contributed by atoms with E-state index in [9.17, 15) is 0 Å². The van der Waals surface area contributed by atoms with Crippen LogP contribution in [0.25, 0.3) is 0 Å². The zero-order valence-electron chi connectivity index (χ0n) is 5.41. The van der Waals surface area contributed by atoms with Gasteiger partial charge in [0.15, 0.2) is 0 Å². The van der Waals surface area contributed by atoms with Crippen LogP contribution < -0.4 is 0 Å². The Labute approximate surface area is 66.3 Å². The Morgan fingerprint density at radius 3 is 1.56 bits per heavy atom. The molecule has 1 rings (SSSR count). The lowest BCUT2D eigenvalue weighted by Gasteiger charge is -1.76. The van der Waals surface area contributed by atoms with Gasteiger partial charge in [0.2, 0.25) is 0 Å². The van der Waals surface area contributed by atoms with Crippen molar-refractivity contribution in [1.82, 2.24) is 0 Å². The first-order valence-corrected chi connectivity index (χ1v) is 4.18. The summed E-state index contributed by atoms with van der Waals surface area (Å²) in [5, 5.41) is 0. The van der Waals surface area contributed by atoms with Crippen LogP contribution in [0.1, 0.15) is 12.8 Å². The minimum absolute atomic E-state index is 0.557. The Bertz CT molecular complexity index is 36.7. The molecule has 0 aliphatic carbocycles. The summed E-state index contributed by atoms with van der Waals surface area (Å²) in [7, 11) is 0. The summed E-state index contributed by atoms with van der Waals surface area (Å²) in [6.07, 6.45) is 2.56. The van der Waals surface area contributed by atoms with Crippen LogP contribution in [-0.2, 0) is 4.74 Å². The highest BCUT2D eigenvalue weighted by Crippen LogP contribution is 1.98. The monoisotopic (exact) mass is 170 g/mol. The molecular weight excluding hydrogens is 159 g/mol. The average Bonchev–Trinajstić information content (AvgIpc) is 2.43. The van der Waals surface area contributed by atoms with Crippen molar-refractivity contribution in [3.63, 3.8) is 0 Å². The van der Waals surface area contributed by atoms with Gasteiger partial charge in [-0.3, -0.25) is 0 Å². The quantitative estimate of drug-likeness (QED) is 0.550. The van der Waals surface area contributed by atoms with Gasteiger partial charge in [0.1, 0.15) is 0 Å². The first-order valence-electron chi connectivity index (χ1n) is 3.11. The Kier molecular flexibility index (Phi) is 9.05. The largest absolute Gasteiger partial charge is 0.381 e. The van der Waals surface area contributed by atoms with Gasteiger partial charge in [-0.25, -0.2) is 0 Å². The van der Waals surface area contributed by atoms with Gasteiger partial charge in [0, 0.05) is 25.0 Å². The van der Waals surface area contributed by atoms with Crippen LogP contribution in [0.3, 0.4) is 0 Å². The fraction of sp³-hybridized carbons (Fsp3) is 1.00. The van der Waals surface area contributed by atoms with Crippen molar-refractivity contribution in [2.24, 2.45) is 0 Å². The molecule has 0 radical (unpaired) electrons. The zero-order valence-corrected chi connectivity index (χ0v) is 6.92. The van der Waals surface area contributed by atoms with Crippen LogP contribution in [0, 0.1) is 0 Å². The van der Waals surface area contributed by atoms with E-state index in [0.717, 1.165) is 13.2 Å². The third-order valence-corrected chi connectivity index (χ3v) is 1.47. The molecule has 0 N–H and O–H groups in total. The summed E-state index contributed by atoms with van der Waals surface area (Å²) in [4.78, 5) is 0. The normalized spacial score (nSPS) is 16.7. The number of hydrogen-bond donors (Lipinski definition) is 0. The summed E-state index contributed by atoms with van der Waals surface area (Å²) >= 11 is 10.1. The highest BCUT2D eigenvalue weighted by Gasteiger charge is 1.94. The number of rotatable bonds is 1. The molecule has 1 fully saturated rings. The molecule has 1 aliphatic rings. The van der Waals surface area contributed by atoms with Crippen molar-refractivity contribution in [3.8, 4) is 0 Å². The number of alkyl halides is 2. The molecule has 1 saturated heterocycles. The molecule has 0 aromatic rings. The van der Waals surface area contributed by atoms with Crippen molar-refractivity contribution < 1.29 is 4.74 Å². The highest BCUT2D eigenvalue weighted by atomic mass is 35.5. The topological polar surface area (TPSA) is 9.23 Å². The summed E-state index contributed by atoms with van der Waals surface area (Å²) in [6.45, 7) is 2.00. The third-order valence-electron chi connectivity index (χ3n) is 0.899. The minimum atomic E-state index is 0.557. The molecule has 9 heavy (non-hydrogen) atoms. The molecule has 0 saturated carbocycles. The van der Waals surface area contributed by atoms with Crippen molar-refractivity contribution in [2.75, 3.05) is 25.0 Å². The molecule has 0 spiro atoms. The van der Waals surface area contributed by atoms with E-state index < -0.39 is 0 Å². The molecule has 0 aromatic carbocycles. The molecular formula is C6H12Cl2O. The molecule has 1 aliphatic heterocycles. The molecule has 0 unspecified atom stereocenters. The van der Waals surface area contributed by atoms with E-state index >= 15 is 0 Å². The SMILES string of the molecule is C1CCOC1.ClCCCl. The van der Waals surface area contributed by atoms with E-state index in [1.807, 2.05) is 0 Å². The predicted molar refractivity (Wildman–Crippen MR) is 41.5 cm³/mol. The lowest BCUT2D eigenvalue weighted by Crippen LogP contribution is -1.74. The zero-order chi connectivity index (χ0) is 6.95. The smallest absolute Gasteiger partial charge is 0.0466 e. The second-order valence-corrected chi connectivity index (χ2v) is 2.45. The lowest BCUT2D eigenvalue weighted by atomic mass is 10.4. The molecule has 3 heteroatoms. The third kappa shape index (κ3) is 8.54. The fourth-order valence-electron chi connectivity index (χ4n) is 0.510. The maximum Gasteiger partial charge on any atom is 0.0466 e. The van der Waals surface area contributed by atoms with Gasteiger partial charge in [0.25, 0.3) is 0 Å². The maximum absolute atomic E-state index is 5.05. The van der Waals surface area contributed by atoms with E-state index in [2.05, 4.69) is 0 Å². The second kappa shape index (κ2) is 8.54. The van der Waals surface area contributed by atoms with E-state index in [4.69, 9.17) is 27.9 Å². The minimum Gasteiger partial charge on any atom is -0.381 e. The Balaban J connectivity index is 0.000000148. The Morgan fingerprint density at radius 2 is 1.44 bits per heavy atom. The van der Waals surface area contributed by atoms with Crippen LogP contribution in [0.5, 0.6) is 0 Å².